The minimum Gasteiger partial charge on any atom is -0.203 e. The van der Waals surface area contributed by atoms with E-state index in [2.05, 4.69) is 12.6 Å². The van der Waals surface area contributed by atoms with Gasteiger partial charge in [0.05, 0.1) is 0 Å². The summed E-state index contributed by atoms with van der Waals surface area (Å²) in [6.07, 6.45) is -4.43. The first kappa shape index (κ1) is 9.93. The third-order valence-corrected chi connectivity index (χ3v) is 0.934. The molecule has 0 rings (SSSR count). The van der Waals surface area contributed by atoms with Crippen LogP contribution in [0.25, 0.3) is 0 Å². The Morgan fingerprint density at radius 3 is 1.30 bits per heavy atom. The van der Waals surface area contributed by atoms with Crippen LogP contribution < -0.4 is 0 Å². The SMILES string of the molecule is FC(F)C(F)(F)C(F)(F)[S]. The Hall–Kier alpha value is -0.0700. The van der Waals surface area contributed by atoms with Gasteiger partial charge >= 0.3 is 17.6 Å². The van der Waals surface area contributed by atoms with Crippen molar-refractivity contribution in [3.05, 3.63) is 0 Å². The predicted octanol–water partition coefficient (Wildman–Crippen LogP) is 2.68. The molecule has 0 aliphatic rings. The lowest BCUT2D eigenvalue weighted by Crippen LogP contribution is -2.42. The smallest absolute Gasteiger partial charge is 0.203 e. The summed E-state index contributed by atoms with van der Waals surface area (Å²) < 4.78 is 67.6. The summed E-state index contributed by atoms with van der Waals surface area (Å²) in [6, 6.07) is 0. The molecule has 0 amide bonds. The van der Waals surface area contributed by atoms with Crippen LogP contribution in [-0.2, 0) is 0 Å². The molecule has 7 heteroatoms. The quantitative estimate of drug-likeness (QED) is 0.577. The van der Waals surface area contributed by atoms with Gasteiger partial charge in [-0.05, 0) is 12.6 Å². The van der Waals surface area contributed by atoms with Crippen molar-refractivity contribution in [2.75, 3.05) is 0 Å². The van der Waals surface area contributed by atoms with E-state index >= 15 is 0 Å². The van der Waals surface area contributed by atoms with E-state index in [-0.39, 0.29) is 0 Å². The van der Waals surface area contributed by atoms with Gasteiger partial charge in [0.2, 0.25) is 0 Å². The molecule has 0 saturated carbocycles. The van der Waals surface area contributed by atoms with E-state index in [9.17, 15) is 26.3 Å². The van der Waals surface area contributed by atoms with E-state index in [1.165, 1.54) is 0 Å². The standard InChI is InChI=1S/C3HF6S/c4-1(5)2(6,7)3(8,9)10/h1H. The lowest BCUT2D eigenvalue weighted by Gasteiger charge is -2.19. The van der Waals surface area contributed by atoms with Gasteiger partial charge in [0.1, 0.15) is 0 Å². The van der Waals surface area contributed by atoms with E-state index in [1.54, 1.807) is 0 Å². The van der Waals surface area contributed by atoms with Gasteiger partial charge in [-0.15, -0.1) is 0 Å². The van der Waals surface area contributed by atoms with Crippen molar-refractivity contribution in [3.63, 3.8) is 0 Å². The zero-order valence-electron chi connectivity index (χ0n) is 4.25. The lowest BCUT2D eigenvalue weighted by atomic mass is 10.4. The highest BCUT2D eigenvalue weighted by Gasteiger charge is 2.61. The van der Waals surface area contributed by atoms with E-state index in [0.29, 0.717) is 0 Å². The van der Waals surface area contributed by atoms with Crippen LogP contribution >= 0.6 is 12.6 Å². The largest absolute Gasteiger partial charge is 0.379 e. The molecule has 0 spiro atoms. The topological polar surface area (TPSA) is 0 Å². The molecule has 0 aliphatic carbocycles. The van der Waals surface area contributed by atoms with Crippen LogP contribution in [0.3, 0.4) is 0 Å². The summed E-state index contributed by atoms with van der Waals surface area (Å²) in [5.41, 5.74) is 0. The Labute approximate surface area is 57.6 Å². The van der Waals surface area contributed by atoms with Crippen molar-refractivity contribution < 1.29 is 26.3 Å². The molecule has 0 unspecified atom stereocenters. The van der Waals surface area contributed by atoms with Crippen LogP contribution in [0.2, 0.25) is 0 Å². The number of halogens is 6. The predicted molar refractivity (Wildman–Crippen MR) is 23.5 cm³/mol. The highest BCUT2D eigenvalue weighted by molar-refractivity contribution is 7.81. The Kier molecular flexibility index (Phi) is 2.50. The first-order chi connectivity index (χ1) is 4.19. The Bertz CT molecular complexity index is 115. The summed E-state index contributed by atoms with van der Waals surface area (Å²) in [5.74, 6) is -5.41. The molecule has 0 atom stereocenters. The second kappa shape index (κ2) is 2.52. The normalized spacial score (nSPS) is 14.4. The average Bonchev–Trinajstić information content (AvgIpc) is 1.62. The molecule has 0 aliphatic heterocycles. The van der Waals surface area contributed by atoms with Crippen LogP contribution in [0.1, 0.15) is 0 Å². The molecule has 1 radical (unpaired) electrons. The molecule has 0 nitrogen and oxygen atoms in total. The van der Waals surface area contributed by atoms with Gasteiger partial charge < -0.3 is 0 Å². The maximum atomic E-state index is 11.4. The molecular formula is C3HF6S. The Morgan fingerprint density at radius 2 is 1.30 bits per heavy atom. The number of hydrogen-bond acceptors (Lipinski definition) is 0. The van der Waals surface area contributed by atoms with Gasteiger partial charge in [-0.3, -0.25) is 0 Å². The Balaban J connectivity index is 4.40. The van der Waals surface area contributed by atoms with E-state index < -0.39 is 17.6 Å². The van der Waals surface area contributed by atoms with Crippen LogP contribution in [0, 0.1) is 0 Å². The molecule has 10 heavy (non-hydrogen) atoms. The fourth-order valence-corrected chi connectivity index (χ4v) is 0.216. The zero-order chi connectivity index (χ0) is 8.58. The maximum Gasteiger partial charge on any atom is 0.379 e. The van der Waals surface area contributed by atoms with Crippen molar-refractivity contribution in [2.24, 2.45) is 0 Å². The molecule has 0 N–H and O–H groups in total. The monoisotopic (exact) mass is 183 g/mol. The van der Waals surface area contributed by atoms with Gasteiger partial charge in [-0.2, -0.15) is 17.6 Å². The van der Waals surface area contributed by atoms with Gasteiger partial charge in [0.15, 0.2) is 0 Å². The van der Waals surface area contributed by atoms with Gasteiger partial charge in [0.25, 0.3) is 0 Å². The Morgan fingerprint density at radius 1 is 1.00 bits per heavy atom. The van der Waals surface area contributed by atoms with Crippen molar-refractivity contribution in [1.29, 1.82) is 0 Å². The molecule has 0 aromatic rings. The highest BCUT2D eigenvalue weighted by Crippen LogP contribution is 2.41. The maximum absolute atomic E-state index is 11.4. The van der Waals surface area contributed by atoms with Crippen LogP contribution in [-0.4, -0.2) is 17.6 Å². The van der Waals surface area contributed by atoms with Crippen molar-refractivity contribution in [1.82, 2.24) is 0 Å². The number of rotatable bonds is 2. The number of hydrogen-bond donors (Lipinski definition) is 0. The molecule has 0 bridgehead atoms. The van der Waals surface area contributed by atoms with E-state index in [4.69, 9.17) is 0 Å². The summed E-state index contributed by atoms with van der Waals surface area (Å²) in [5, 5.41) is -5.08. The summed E-state index contributed by atoms with van der Waals surface area (Å²) in [6.45, 7) is 0. The lowest BCUT2D eigenvalue weighted by molar-refractivity contribution is -0.220. The molecule has 0 aromatic carbocycles. The van der Waals surface area contributed by atoms with Gasteiger partial charge in [-0.1, -0.05) is 0 Å². The zero-order valence-corrected chi connectivity index (χ0v) is 5.07. The molecule has 0 fully saturated rings. The first-order valence-corrected chi connectivity index (χ1v) is 2.34. The van der Waals surface area contributed by atoms with E-state index in [0.717, 1.165) is 0 Å². The fourth-order valence-electron chi connectivity index (χ4n) is 0.127. The van der Waals surface area contributed by atoms with Crippen LogP contribution in [0.4, 0.5) is 26.3 Å². The molecule has 0 heterocycles. The second-order valence-corrected chi connectivity index (χ2v) is 1.95. The fraction of sp³-hybridized carbons (Fsp3) is 1.00. The van der Waals surface area contributed by atoms with Crippen molar-refractivity contribution >= 4 is 12.6 Å². The minimum atomic E-state index is -5.41. The van der Waals surface area contributed by atoms with E-state index in [1.807, 2.05) is 0 Å². The average molecular weight is 183 g/mol. The summed E-state index contributed by atoms with van der Waals surface area (Å²) in [7, 11) is 0. The third kappa shape index (κ3) is 1.71. The van der Waals surface area contributed by atoms with Crippen LogP contribution in [0.5, 0.6) is 0 Å². The molecular weight excluding hydrogens is 182 g/mol. The van der Waals surface area contributed by atoms with Gasteiger partial charge in [0, 0.05) is 0 Å². The summed E-state index contributed by atoms with van der Waals surface area (Å²) in [4.78, 5) is 0. The van der Waals surface area contributed by atoms with Crippen LogP contribution in [0.15, 0.2) is 0 Å². The van der Waals surface area contributed by atoms with Gasteiger partial charge in [-0.25, -0.2) is 8.78 Å². The number of alkyl halides is 6. The van der Waals surface area contributed by atoms with Crippen molar-refractivity contribution in [3.8, 4) is 0 Å². The second-order valence-electron chi connectivity index (χ2n) is 1.44. The molecule has 0 aromatic heterocycles. The molecule has 0 saturated heterocycles. The third-order valence-electron chi connectivity index (χ3n) is 0.662. The summed E-state index contributed by atoms with van der Waals surface area (Å²) >= 11 is 2.83. The first-order valence-electron chi connectivity index (χ1n) is 1.94. The highest BCUT2D eigenvalue weighted by atomic mass is 32.1. The minimum absolute atomic E-state index is 2.83. The van der Waals surface area contributed by atoms with Crippen molar-refractivity contribution in [2.45, 2.75) is 17.6 Å². The molecule has 61 valence electrons.